The maximum absolute atomic E-state index is 12.7. The third kappa shape index (κ3) is 1.88. The van der Waals surface area contributed by atoms with Crippen LogP contribution in [0.4, 0.5) is 0 Å². The summed E-state index contributed by atoms with van der Waals surface area (Å²) >= 11 is 0. The van der Waals surface area contributed by atoms with Gasteiger partial charge in [0.25, 0.3) is 0 Å². The van der Waals surface area contributed by atoms with E-state index in [1.165, 1.54) is 0 Å². The zero-order valence-corrected chi connectivity index (χ0v) is 14.8. The molecule has 2 aliphatic heterocycles. The molecular formula is C20H25NO4. The van der Waals surface area contributed by atoms with Gasteiger partial charge in [-0.25, -0.2) is 0 Å². The third-order valence-electron chi connectivity index (χ3n) is 6.69. The number of phenolic OH excluding ortho intramolecular Hbond substituents is 1. The van der Waals surface area contributed by atoms with Crippen LogP contribution in [0.2, 0.25) is 0 Å². The van der Waals surface area contributed by atoms with Crippen molar-refractivity contribution < 1.29 is 19.7 Å². The van der Waals surface area contributed by atoms with Gasteiger partial charge in [0.15, 0.2) is 23.4 Å². The highest BCUT2D eigenvalue weighted by atomic mass is 16.5. The van der Waals surface area contributed by atoms with Crippen LogP contribution >= 0.6 is 0 Å². The van der Waals surface area contributed by atoms with Gasteiger partial charge in [-0.2, -0.15) is 0 Å². The van der Waals surface area contributed by atoms with Crippen LogP contribution in [-0.2, 0) is 10.2 Å². The predicted molar refractivity (Wildman–Crippen MR) is 94.0 cm³/mol. The monoisotopic (exact) mass is 343 g/mol. The summed E-state index contributed by atoms with van der Waals surface area (Å²) in [5.41, 5.74) is -0.111. The number of fused-ring (bicyclic) bond motifs is 1. The lowest BCUT2D eigenvalue weighted by atomic mass is 9.52. The van der Waals surface area contributed by atoms with E-state index in [2.05, 4.69) is 11.5 Å². The Morgan fingerprint density at radius 1 is 1.44 bits per heavy atom. The van der Waals surface area contributed by atoms with Crippen molar-refractivity contribution in [1.29, 1.82) is 0 Å². The number of hydrogen-bond acceptors (Lipinski definition) is 5. The fourth-order valence-corrected chi connectivity index (χ4v) is 5.43. The number of carbonyl (C=O) groups excluding carboxylic acids is 1. The van der Waals surface area contributed by atoms with E-state index in [-0.39, 0.29) is 17.6 Å². The van der Waals surface area contributed by atoms with E-state index >= 15 is 0 Å². The van der Waals surface area contributed by atoms with E-state index in [4.69, 9.17) is 4.74 Å². The van der Waals surface area contributed by atoms with Crippen molar-refractivity contribution in [2.24, 2.45) is 0 Å². The molecule has 1 aliphatic carbocycles. The van der Waals surface area contributed by atoms with Gasteiger partial charge in [0, 0.05) is 24.6 Å². The molecule has 5 nitrogen and oxygen atoms in total. The van der Waals surface area contributed by atoms with Crippen molar-refractivity contribution in [1.82, 2.24) is 4.90 Å². The zero-order chi connectivity index (χ0) is 18.0. The molecule has 2 N–H and O–H groups in total. The summed E-state index contributed by atoms with van der Waals surface area (Å²) in [7, 11) is 0. The number of benzene rings is 1. The van der Waals surface area contributed by atoms with Gasteiger partial charge < -0.3 is 14.9 Å². The van der Waals surface area contributed by atoms with Crippen LogP contribution in [0.1, 0.15) is 37.3 Å². The number of Topliss-reactive ketones (excluding diaryl/α,β-unsaturated/α-hetero) is 1. The molecule has 0 amide bonds. The number of carbonyl (C=O) groups is 1. The van der Waals surface area contributed by atoms with Crippen LogP contribution in [0.5, 0.6) is 11.5 Å². The lowest BCUT2D eigenvalue weighted by molar-refractivity contribution is -0.180. The van der Waals surface area contributed by atoms with Gasteiger partial charge >= 0.3 is 0 Å². The van der Waals surface area contributed by atoms with Gasteiger partial charge in [-0.05, 0) is 44.9 Å². The number of aliphatic hydroxyl groups is 1. The number of phenols is 1. The Labute approximate surface area is 147 Å². The highest BCUT2D eigenvalue weighted by molar-refractivity contribution is 5.89. The average Bonchev–Trinajstić information content (AvgIpc) is 2.95. The minimum Gasteiger partial charge on any atom is -0.504 e. The topological polar surface area (TPSA) is 70.0 Å². The van der Waals surface area contributed by atoms with Crippen LogP contribution in [0.25, 0.3) is 0 Å². The number of rotatable bonds is 2. The van der Waals surface area contributed by atoms with Crippen LogP contribution in [0.3, 0.4) is 0 Å². The second kappa shape index (κ2) is 5.32. The van der Waals surface area contributed by atoms with Gasteiger partial charge in [-0.15, -0.1) is 6.58 Å². The second-order valence-electron chi connectivity index (χ2n) is 7.68. The molecule has 4 atom stereocenters. The highest BCUT2D eigenvalue weighted by Crippen LogP contribution is 2.61. The molecule has 25 heavy (non-hydrogen) atoms. The van der Waals surface area contributed by atoms with Crippen molar-refractivity contribution in [2.45, 2.75) is 56.3 Å². The lowest BCUT2D eigenvalue weighted by Gasteiger charge is -2.59. The second-order valence-corrected chi connectivity index (χ2v) is 7.68. The van der Waals surface area contributed by atoms with Gasteiger partial charge in [0.2, 0.25) is 0 Å². The third-order valence-corrected chi connectivity index (χ3v) is 6.69. The molecule has 1 saturated heterocycles. The molecule has 0 unspecified atom stereocenters. The van der Waals surface area contributed by atoms with Gasteiger partial charge in [-0.3, -0.25) is 9.69 Å². The molecule has 2 fully saturated rings. The Morgan fingerprint density at radius 3 is 2.92 bits per heavy atom. The van der Waals surface area contributed by atoms with Gasteiger partial charge in [0.05, 0.1) is 11.0 Å². The van der Waals surface area contributed by atoms with Crippen LogP contribution in [0.15, 0.2) is 24.8 Å². The van der Waals surface area contributed by atoms with E-state index in [1.54, 1.807) is 6.07 Å². The Bertz CT molecular complexity index is 760. The van der Waals surface area contributed by atoms with Crippen LogP contribution in [-0.4, -0.2) is 51.7 Å². The minimum atomic E-state index is -1.09. The van der Waals surface area contributed by atoms with Crippen molar-refractivity contribution in [3.8, 4) is 11.5 Å². The number of nitrogens with zero attached hydrogens (tertiary/aromatic N) is 1. The molecule has 134 valence electrons. The van der Waals surface area contributed by atoms with Crippen LogP contribution in [0, 0.1) is 6.92 Å². The fraction of sp³-hybridized carbons (Fsp3) is 0.550. The molecule has 1 aromatic carbocycles. The quantitative estimate of drug-likeness (QED) is 0.805. The molecule has 1 aromatic rings. The van der Waals surface area contributed by atoms with Gasteiger partial charge in [-0.1, -0.05) is 12.1 Å². The summed E-state index contributed by atoms with van der Waals surface area (Å²) in [4.78, 5) is 14.9. The van der Waals surface area contributed by atoms with Crippen molar-refractivity contribution in [3.05, 3.63) is 35.9 Å². The van der Waals surface area contributed by atoms with E-state index < -0.39 is 17.1 Å². The summed E-state index contributed by atoms with van der Waals surface area (Å²) in [6, 6.07) is 3.31. The first-order chi connectivity index (χ1) is 11.9. The Kier molecular flexibility index (Phi) is 3.54. The maximum Gasteiger partial charge on any atom is 0.174 e. The molecule has 1 spiro atoms. The number of likely N-dealkylation sites (tertiary alicyclic amines) is 1. The first-order valence-electron chi connectivity index (χ1n) is 8.96. The molecule has 0 radical (unpaired) electrons. The molecule has 4 rings (SSSR count). The first-order valence-corrected chi connectivity index (χ1v) is 8.96. The molecule has 0 bridgehead atoms. The minimum absolute atomic E-state index is 0.0176. The van der Waals surface area contributed by atoms with E-state index in [0.29, 0.717) is 31.6 Å². The lowest BCUT2D eigenvalue weighted by Crippen LogP contribution is -2.73. The SMILES string of the molecule is C=CCN1CC[C@]23c4c(C)ccc(O)c4O[C@H]2C(=O)CC[C@@]3(O)[C@H]1C. The van der Waals surface area contributed by atoms with E-state index in [1.807, 2.05) is 26.0 Å². The Morgan fingerprint density at radius 2 is 2.20 bits per heavy atom. The van der Waals surface area contributed by atoms with Gasteiger partial charge in [0.1, 0.15) is 0 Å². The van der Waals surface area contributed by atoms with Crippen molar-refractivity contribution >= 4 is 5.78 Å². The highest BCUT2D eigenvalue weighted by Gasteiger charge is 2.70. The number of aryl methyl sites for hydroxylation is 1. The zero-order valence-electron chi connectivity index (χ0n) is 14.8. The summed E-state index contributed by atoms with van der Waals surface area (Å²) in [6.45, 7) is 9.24. The summed E-state index contributed by atoms with van der Waals surface area (Å²) < 4.78 is 6.01. The standard InChI is InChI=1S/C20H25NO4/c1-4-10-21-11-9-19-16-12(2)5-6-14(22)17(16)25-18(19)15(23)7-8-20(19,24)13(21)3/h4-6,13,18,22,24H,1,7-11H2,2-3H3/t13-,18+,19+,20-/m1/s1. The predicted octanol–water partition coefficient (Wildman–Crippen LogP) is 2.07. The van der Waals surface area contributed by atoms with E-state index in [9.17, 15) is 15.0 Å². The van der Waals surface area contributed by atoms with Crippen molar-refractivity contribution in [3.63, 3.8) is 0 Å². The summed E-state index contributed by atoms with van der Waals surface area (Å²) in [5, 5.41) is 22.2. The van der Waals surface area contributed by atoms with E-state index in [0.717, 1.165) is 17.7 Å². The number of ketones is 1. The summed E-state index contributed by atoms with van der Waals surface area (Å²) in [6.07, 6.45) is 2.45. The van der Waals surface area contributed by atoms with Crippen molar-refractivity contribution in [2.75, 3.05) is 13.1 Å². The number of ether oxygens (including phenoxy) is 1. The Hall–Kier alpha value is -1.85. The molecular weight excluding hydrogens is 318 g/mol. The molecule has 2 heterocycles. The molecule has 0 aromatic heterocycles. The summed E-state index contributed by atoms with van der Waals surface area (Å²) in [5.74, 6) is 0.438. The smallest absolute Gasteiger partial charge is 0.174 e. The normalized spacial score (nSPS) is 37.0. The molecule has 1 saturated carbocycles. The Balaban J connectivity index is 1.95. The molecule has 5 heteroatoms. The average molecular weight is 343 g/mol. The maximum atomic E-state index is 12.7. The fourth-order valence-electron chi connectivity index (χ4n) is 5.43. The number of hydrogen-bond donors (Lipinski definition) is 2. The molecule has 3 aliphatic rings. The number of aromatic hydroxyl groups is 1. The number of piperidine rings is 1. The van der Waals surface area contributed by atoms with Crippen LogP contribution < -0.4 is 4.74 Å². The largest absolute Gasteiger partial charge is 0.504 e. The first kappa shape index (κ1) is 16.6.